The van der Waals surface area contributed by atoms with E-state index in [1.165, 1.54) is 0 Å². The first-order chi connectivity index (χ1) is 11.2. The van der Waals surface area contributed by atoms with Crippen LogP contribution in [-0.4, -0.2) is 15.0 Å². The predicted molar refractivity (Wildman–Crippen MR) is 88.8 cm³/mol. The van der Waals surface area contributed by atoms with Crippen LogP contribution in [-0.2, 0) is 0 Å². The lowest BCUT2D eigenvalue weighted by molar-refractivity contribution is 1.20. The first-order valence-corrected chi connectivity index (χ1v) is 6.98. The van der Waals surface area contributed by atoms with Crippen molar-refractivity contribution in [2.24, 2.45) is 0 Å². The molecular weight excluding hydrogens is 290 g/mol. The van der Waals surface area contributed by atoms with E-state index in [-0.39, 0.29) is 11.3 Å². The van der Waals surface area contributed by atoms with Gasteiger partial charge in [-0.3, -0.25) is 4.79 Å². The maximum atomic E-state index is 12.3. The molecule has 4 N–H and O–H groups in total. The Kier molecular flexibility index (Phi) is 2.68. The zero-order valence-corrected chi connectivity index (χ0v) is 11.9. The van der Waals surface area contributed by atoms with Gasteiger partial charge in [0, 0.05) is 10.9 Å². The second-order valence-electron chi connectivity index (χ2n) is 5.22. The van der Waals surface area contributed by atoms with E-state index < -0.39 is 0 Å². The van der Waals surface area contributed by atoms with Crippen LogP contribution >= 0.6 is 0 Å². The zero-order valence-electron chi connectivity index (χ0n) is 11.9. The Bertz CT molecular complexity index is 1160. The van der Waals surface area contributed by atoms with Crippen molar-refractivity contribution in [2.45, 2.75) is 0 Å². The van der Waals surface area contributed by atoms with Crippen LogP contribution in [0.25, 0.3) is 33.3 Å². The van der Waals surface area contributed by atoms with Gasteiger partial charge >= 0.3 is 0 Å². The summed E-state index contributed by atoms with van der Waals surface area (Å²) in [5.41, 5.74) is 9.57. The summed E-state index contributed by atoms with van der Waals surface area (Å²) < 4.78 is 0. The van der Waals surface area contributed by atoms with E-state index in [1.807, 2.05) is 18.2 Å². The fourth-order valence-electron chi connectivity index (χ4n) is 2.67. The van der Waals surface area contributed by atoms with Crippen LogP contribution in [0.3, 0.4) is 0 Å². The summed E-state index contributed by atoms with van der Waals surface area (Å²) in [5.74, 6) is 0. The first-order valence-electron chi connectivity index (χ1n) is 6.98. The molecule has 2 aromatic carbocycles. The summed E-state index contributed by atoms with van der Waals surface area (Å²) in [7, 11) is 0. The lowest BCUT2D eigenvalue weighted by Gasteiger charge is -2.02. The summed E-state index contributed by atoms with van der Waals surface area (Å²) in [6.07, 6.45) is 0. The number of hydrogen-bond donors (Lipinski definition) is 3. The Morgan fingerprint density at radius 1 is 1.09 bits per heavy atom. The maximum absolute atomic E-state index is 12.3. The topological polar surface area (TPSA) is 111 Å². The smallest absolute Gasteiger partial charge is 0.276 e. The third-order valence-corrected chi connectivity index (χ3v) is 3.80. The minimum atomic E-state index is -0.317. The molecule has 0 saturated heterocycles. The van der Waals surface area contributed by atoms with Gasteiger partial charge in [-0.05, 0) is 30.3 Å². The summed E-state index contributed by atoms with van der Waals surface area (Å²) >= 11 is 0. The van der Waals surface area contributed by atoms with Crippen molar-refractivity contribution in [3.8, 4) is 17.5 Å². The first kappa shape index (κ1) is 13.1. The molecule has 0 aliphatic rings. The van der Waals surface area contributed by atoms with E-state index in [0.717, 1.165) is 5.52 Å². The highest BCUT2D eigenvalue weighted by atomic mass is 16.1. The van der Waals surface area contributed by atoms with Crippen LogP contribution in [0.4, 0.5) is 5.69 Å². The fourth-order valence-corrected chi connectivity index (χ4v) is 2.67. The van der Waals surface area contributed by atoms with Crippen LogP contribution in [0, 0.1) is 11.3 Å². The molecule has 0 aliphatic carbocycles. The molecule has 0 bridgehead atoms. The fraction of sp³-hybridized carbons (Fsp3) is 0. The van der Waals surface area contributed by atoms with Gasteiger partial charge in [0.05, 0.1) is 34.0 Å². The van der Waals surface area contributed by atoms with Crippen LogP contribution in [0.15, 0.2) is 47.3 Å². The van der Waals surface area contributed by atoms with Crippen LogP contribution < -0.4 is 11.3 Å². The molecule has 0 atom stereocenters. The molecule has 0 aliphatic heterocycles. The molecule has 2 heterocycles. The van der Waals surface area contributed by atoms with E-state index in [9.17, 15) is 4.79 Å². The number of para-hydroxylation sites is 2. The van der Waals surface area contributed by atoms with E-state index in [0.29, 0.717) is 33.4 Å². The van der Waals surface area contributed by atoms with E-state index in [2.05, 4.69) is 21.0 Å². The standard InChI is InChI=1S/C17H11N5O/c18-8-9-5-6-11-10(7-9)14(19)15(20-11)16-17(23)22-13-4-2-1-3-12(13)21-16/h1-7,20H,19H2,(H,22,23). The predicted octanol–water partition coefficient (Wildman–Crippen LogP) is 2.53. The maximum Gasteiger partial charge on any atom is 0.276 e. The highest BCUT2D eigenvalue weighted by molar-refractivity contribution is 6.00. The van der Waals surface area contributed by atoms with Gasteiger partial charge in [0.25, 0.3) is 5.56 Å². The summed E-state index contributed by atoms with van der Waals surface area (Å²) in [6.45, 7) is 0. The molecule has 4 rings (SSSR count). The quantitative estimate of drug-likeness (QED) is 0.501. The van der Waals surface area contributed by atoms with Crippen molar-refractivity contribution in [1.29, 1.82) is 5.26 Å². The minimum absolute atomic E-state index is 0.232. The zero-order chi connectivity index (χ0) is 16.0. The molecule has 0 unspecified atom stereocenters. The third-order valence-electron chi connectivity index (χ3n) is 3.80. The van der Waals surface area contributed by atoms with Crippen LogP contribution in [0.2, 0.25) is 0 Å². The van der Waals surface area contributed by atoms with Crippen LogP contribution in [0.1, 0.15) is 5.56 Å². The lowest BCUT2D eigenvalue weighted by Crippen LogP contribution is -2.12. The Morgan fingerprint density at radius 2 is 1.91 bits per heavy atom. The van der Waals surface area contributed by atoms with Gasteiger partial charge < -0.3 is 15.7 Å². The number of nitrogen functional groups attached to an aromatic ring is 1. The monoisotopic (exact) mass is 301 g/mol. The number of anilines is 1. The van der Waals surface area contributed by atoms with Gasteiger partial charge in [-0.2, -0.15) is 5.26 Å². The average Bonchev–Trinajstić information content (AvgIpc) is 2.90. The Morgan fingerprint density at radius 3 is 2.74 bits per heavy atom. The largest absolute Gasteiger partial charge is 0.396 e. The number of aromatic nitrogens is 3. The summed E-state index contributed by atoms with van der Waals surface area (Å²) in [6, 6.07) is 14.5. The highest BCUT2D eigenvalue weighted by Crippen LogP contribution is 2.31. The van der Waals surface area contributed by atoms with Gasteiger partial charge in [-0.25, -0.2) is 4.98 Å². The van der Waals surface area contributed by atoms with Crippen molar-refractivity contribution in [3.63, 3.8) is 0 Å². The normalized spacial score (nSPS) is 10.9. The van der Waals surface area contributed by atoms with E-state index in [4.69, 9.17) is 11.0 Å². The molecule has 6 heteroatoms. The van der Waals surface area contributed by atoms with Gasteiger partial charge in [0.2, 0.25) is 0 Å². The van der Waals surface area contributed by atoms with Crippen LogP contribution in [0.5, 0.6) is 0 Å². The van der Waals surface area contributed by atoms with Crippen molar-refractivity contribution < 1.29 is 0 Å². The third kappa shape index (κ3) is 1.95. The van der Waals surface area contributed by atoms with E-state index in [1.54, 1.807) is 24.3 Å². The molecular formula is C17H11N5O. The molecule has 0 fully saturated rings. The molecule has 110 valence electrons. The van der Waals surface area contributed by atoms with Crippen molar-refractivity contribution >= 4 is 27.6 Å². The number of fused-ring (bicyclic) bond motifs is 2. The number of nitrogens with zero attached hydrogens (tertiary/aromatic N) is 2. The highest BCUT2D eigenvalue weighted by Gasteiger charge is 2.16. The number of nitriles is 1. The minimum Gasteiger partial charge on any atom is -0.396 e. The molecule has 6 nitrogen and oxygen atoms in total. The molecule has 4 aromatic rings. The second kappa shape index (κ2) is 4.71. The molecule has 2 aromatic heterocycles. The SMILES string of the molecule is N#Cc1ccc2[nH]c(-c3nc4ccccc4[nH]c3=O)c(N)c2c1. The second-order valence-corrected chi connectivity index (χ2v) is 5.22. The van der Waals surface area contributed by atoms with Crippen molar-refractivity contribution in [2.75, 3.05) is 5.73 Å². The number of rotatable bonds is 1. The number of nitrogens with one attached hydrogen (secondary N) is 2. The number of hydrogen-bond acceptors (Lipinski definition) is 4. The number of nitrogens with two attached hydrogens (primary N) is 1. The average molecular weight is 301 g/mol. The Labute approximate surface area is 130 Å². The number of aromatic amines is 2. The van der Waals surface area contributed by atoms with Crippen molar-refractivity contribution in [1.82, 2.24) is 15.0 Å². The number of H-pyrrole nitrogens is 2. The molecule has 0 radical (unpaired) electrons. The van der Waals surface area contributed by atoms with Gasteiger partial charge in [-0.1, -0.05) is 12.1 Å². The molecule has 0 spiro atoms. The lowest BCUT2D eigenvalue weighted by atomic mass is 10.1. The van der Waals surface area contributed by atoms with Gasteiger partial charge in [-0.15, -0.1) is 0 Å². The number of benzene rings is 2. The molecule has 0 saturated carbocycles. The molecule has 23 heavy (non-hydrogen) atoms. The van der Waals surface area contributed by atoms with E-state index >= 15 is 0 Å². The summed E-state index contributed by atoms with van der Waals surface area (Å²) in [5, 5.41) is 9.71. The Hall–Kier alpha value is -3.59. The Balaban J connectivity index is 2.03. The van der Waals surface area contributed by atoms with Crippen molar-refractivity contribution in [3.05, 3.63) is 58.4 Å². The van der Waals surface area contributed by atoms with Gasteiger partial charge in [0.1, 0.15) is 0 Å². The summed E-state index contributed by atoms with van der Waals surface area (Å²) in [4.78, 5) is 22.7. The molecule has 0 amide bonds. The van der Waals surface area contributed by atoms with Gasteiger partial charge in [0.15, 0.2) is 5.69 Å².